The zero-order valence-electron chi connectivity index (χ0n) is 9.41. The highest BCUT2D eigenvalue weighted by Crippen LogP contribution is 2.26. The summed E-state index contributed by atoms with van der Waals surface area (Å²) in [5.74, 6) is -0.210. The molecular weight excluding hydrogens is 301 g/mol. The summed E-state index contributed by atoms with van der Waals surface area (Å²) >= 11 is 5.14. The van der Waals surface area contributed by atoms with Crippen molar-refractivity contribution < 1.29 is 4.39 Å². The topological polar surface area (TPSA) is 12.0 Å². The third kappa shape index (κ3) is 3.15. The highest BCUT2D eigenvalue weighted by molar-refractivity contribution is 9.10. The molecule has 1 unspecified atom stereocenters. The molecule has 90 valence electrons. The van der Waals surface area contributed by atoms with Gasteiger partial charge in [-0.2, -0.15) is 0 Å². The Morgan fingerprint density at radius 3 is 2.82 bits per heavy atom. The predicted molar refractivity (Wildman–Crippen MR) is 73.9 cm³/mol. The molecule has 17 heavy (non-hydrogen) atoms. The Morgan fingerprint density at radius 1 is 1.41 bits per heavy atom. The van der Waals surface area contributed by atoms with Crippen LogP contribution in [0.15, 0.2) is 40.2 Å². The zero-order valence-corrected chi connectivity index (χ0v) is 11.8. The quantitative estimate of drug-likeness (QED) is 0.894. The average molecular weight is 314 g/mol. The van der Waals surface area contributed by atoms with Crippen molar-refractivity contribution in [3.8, 4) is 0 Å². The fourth-order valence-corrected chi connectivity index (χ4v) is 3.09. The molecule has 1 atom stereocenters. The van der Waals surface area contributed by atoms with Gasteiger partial charge in [0.05, 0.1) is 0 Å². The Morgan fingerprint density at radius 2 is 2.24 bits per heavy atom. The smallest absolute Gasteiger partial charge is 0.124 e. The van der Waals surface area contributed by atoms with E-state index in [9.17, 15) is 4.39 Å². The number of benzene rings is 1. The fraction of sp³-hybridized carbons (Fsp3) is 0.231. The second-order valence-electron chi connectivity index (χ2n) is 3.80. The summed E-state index contributed by atoms with van der Waals surface area (Å²) in [6, 6.07) is 9.28. The van der Waals surface area contributed by atoms with Gasteiger partial charge in [0.15, 0.2) is 0 Å². The van der Waals surface area contributed by atoms with E-state index in [1.54, 1.807) is 11.3 Å². The fourth-order valence-electron chi connectivity index (χ4n) is 1.74. The molecule has 1 heterocycles. The lowest BCUT2D eigenvalue weighted by molar-refractivity contribution is 0.596. The maximum atomic E-state index is 13.0. The molecule has 0 aliphatic rings. The molecule has 0 bridgehead atoms. The molecule has 0 saturated heterocycles. The van der Waals surface area contributed by atoms with E-state index in [1.807, 2.05) is 19.2 Å². The maximum absolute atomic E-state index is 13.0. The van der Waals surface area contributed by atoms with Gasteiger partial charge in [0.25, 0.3) is 0 Å². The maximum Gasteiger partial charge on any atom is 0.124 e. The molecule has 0 aliphatic carbocycles. The molecular formula is C13H13BrFNS. The van der Waals surface area contributed by atoms with Crippen molar-refractivity contribution in [2.24, 2.45) is 0 Å². The third-order valence-corrected chi connectivity index (χ3v) is 4.40. The van der Waals surface area contributed by atoms with Crippen molar-refractivity contribution in [3.05, 3.63) is 56.4 Å². The van der Waals surface area contributed by atoms with Gasteiger partial charge in [0, 0.05) is 15.4 Å². The van der Waals surface area contributed by atoms with Crippen molar-refractivity contribution in [1.82, 2.24) is 5.32 Å². The third-order valence-electron chi connectivity index (χ3n) is 2.67. The minimum atomic E-state index is -0.210. The molecule has 0 aliphatic heterocycles. The van der Waals surface area contributed by atoms with Gasteiger partial charge >= 0.3 is 0 Å². The van der Waals surface area contributed by atoms with E-state index in [2.05, 4.69) is 32.7 Å². The summed E-state index contributed by atoms with van der Waals surface area (Å²) in [6.07, 6.45) is 0.845. The molecule has 0 radical (unpaired) electrons. The second-order valence-corrected chi connectivity index (χ2v) is 5.63. The molecule has 2 rings (SSSR count). The Bertz CT molecular complexity index is 484. The van der Waals surface area contributed by atoms with E-state index in [1.165, 1.54) is 17.0 Å². The van der Waals surface area contributed by atoms with E-state index >= 15 is 0 Å². The van der Waals surface area contributed by atoms with Crippen LogP contribution in [0.4, 0.5) is 4.39 Å². The average Bonchev–Trinajstić information content (AvgIpc) is 2.81. The van der Waals surface area contributed by atoms with Crippen LogP contribution in [0.25, 0.3) is 0 Å². The standard InChI is InChI=1S/C13H13BrFNS/c1-16-12(13-3-2-6-17-13)7-9-4-5-10(15)8-11(9)14/h2-6,8,12,16H,7H2,1H3. The summed E-state index contributed by atoms with van der Waals surface area (Å²) in [7, 11) is 1.95. The van der Waals surface area contributed by atoms with Crippen LogP contribution in [0.1, 0.15) is 16.5 Å². The van der Waals surface area contributed by atoms with Crippen LogP contribution in [0.5, 0.6) is 0 Å². The van der Waals surface area contributed by atoms with Gasteiger partial charge in [-0.15, -0.1) is 11.3 Å². The predicted octanol–water partition coefficient (Wildman–Crippen LogP) is 4.15. The number of hydrogen-bond acceptors (Lipinski definition) is 2. The second kappa shape index (κ2) is 5.76. The first kappa shape index (κ1) is 12.7. The van der Waals surface area contributed by atoms with Gasteiger partial charge in [-0.3, -0.25) is 0 Å². The molecule has 1 aromatic heterocycles. The first-order valence-electron chi connectivity index (χ1n) is 5.35. The van der Waals surface area contributed by atoms with Crippen molar-refractivity contribution in [3.63, 3.8) is 0 Å². The molecule has 2 aromatic rings. The van der Waals surface area contributed by atoms with Crippen LogP contribution in [-0.2, 0) is 6.42 Å². The van der Waals surface area contributed by atoms with Gasteiger partial charge in [-0.1, -0.05) is 28.1 Å². The largest absolute Gasteiger partial charge is 0.312 e. The van der Waals surface area contributed by atoms with Gasteiger partial charge in [0.2, 0.25) is 0 Å². The molecule has 1 aromatic carbocycles. The van der Waals surface area contributed by atoms with Crippen molar-refractivity contribution in [1.29, 1.82) is 0 Å². The minimum absolute atomic E-state index is 0.210. The van der Waals surface area contributed by atoms with E-state index in [4.69, 9.17) is 0 Å². The van der Waals surface area contributed by atoms with Crippen molar-refractivity contribution >= 4 is 27.3 Å². The van der Waals surface area contributed by atoms with E-state index in [0.29, 0.717) is 0 Å². The minimum Gasteiger partial charge on any atom is -0.312 e. The number of halogens is 2. The van der Waals surface area contributed by atoms with Gasteiger partial charge in [-0.05, 0) is 42.6 Å². The highest BCUT2D eigenvalue weighted by Gasteiger charge is 2.13. The summed E-state index contributed by atoms with van der Waals surface area (Å²) in [5.41, 5.74) is 1.11. The first-order chi connectivity index (χ1) is 8.20. The molecule has 0 fully saturated rings. The zero-order chi connectivity index (χ0) is 12.3. The van der Waals surface area contributed by atoms with E-state index < -0.39 is 0 Å². The van der Waals surface area contributed by atoms with Crippen LogP contribution < -0.4 is 5.32 Å². The van der Waals surface area contributed by atoms with Gasteiger partial charge in [0.1, 0.15) is 5.82 Å². The summed E-state index contributed by atoms with van der Waals surface area (Å²) in [6.45, 7) is 0. The van der Waals surface area contributed by atoms with E-state index in [-0.39, 0.29) is 11.9 Å². The number of likely N-dealkylation sites (N-methyl/N-ethyl adjacent to an activating group) is 1. The Kier molecular flexibility index (Phi) is 4.31. The first-order valence-corrected chi connectivity index (χ1v) is 7.02. The van der Waals surface area contributed by atoms with Crippen LogP contribution in [0, 0.1) is 5.82 Å². The van der Waals surface area contributed by atoms with Crippen molar-refractivity contribution in [2.45, 2.75) is 12.5 Å². The molecule has 1 nitrogen and oxygen atoms in total. The monoisotopic (exact) mass is 313 g/mol. The lowest BCUT2D eigenvalue weighted by atomic mass is 10.0. The summed E-state index contributed by atoms with van der Waals surface area (Å²) < 4.78 is 13.8. The van der Waals surface area contributed by atoms with Crippen LogP contribution in [0.3, 0.4) is 0 Å². The summed E-state index contributed by atoms with van der Waals surface area (Å²) in [5, 5.41) is 5.36. The molecule has 0 amide bonds. The SMILES string of the molecule is CNC(Cc1ccc(F)cc1Br)c1cccs1. The van der Waals surface area contributed by atoms with Gasteiger partial charge < -0.3 is 5.32 Å². The number of rotatable bonds is 4. The van der Waals surface area contributed by atoms with Gasteiger partial charge in [-0.25, -0.2) is 4.39 Å². The molecule has 0 spiro atoms. The van der Waals surface area contributed by atoms with Crippen LogP contribution >= 0.6 is 27.3 Å². The lowest BCUT2D eigenvalue weighted by Gasteiger charge is -2.15. The van der Waals surface area contributed by atoms with Crippen molar-refractivity contribution in [2.75, 3.05) is 7.05 Å². The van der Waals surface area contributed by atoms with Crippen LogP contribution in [-0.4, -0.2) is 7.05 Å². The Hall–Kier alpha value is -0.710. The van der Waals surface area contributed by atoms with E-state index in [0.717, 1.165) is 16.5 Å². The molecule has 1 N–H and O–H groups in total. The molecule has 0 saturated carbocycles. The Balaban J connectivity index is 2.19. The van der Waals surface area contributed by atoms with Crippen LogP contribution in [0.2, 0.25) is 0 Å². The highest BCUT2D eigenvalue weighted by atomic mass is 79.9. The number of hydrogen-bond donors (Lipinski definition) is 1. The number of thiophene rings is 1. The normalized spacial score (nSPS) is 12.6. The lowest BCUT2D eigenvalue weighted by Crippen LogP contribution is -2.17. The molecule has 4 heteroatoms. The summed E-state index contributed by atoms with van der Waals surface area (Å²) in [4.78, 5) is 1.30. The number of nitrogens with one attached hydrogen (secondary N) is 1. The Labute approximate surface area is 113 Å².